The predicted octanol–water partition coefficient (Wildman–Crippen LogP) is 2.94. The van der Waals surface area contributed by atoms with Crippen molar-refractivity contribution in [3.8, 4) is 11.4 Å². The Morgan fingerprint density at radius 3 is 2.58 bits per heavy atom. The standard InChI is InChI=1S/C26H29N7O3/c1-3-11-32-25-22(24(35)31-26(32)36)30-23(33(25)20-8-9-20)19-7-10-21(29-15-19)28-14-18-6-4-5-17(12-18)13-27-16(2)34/h4-7,10,12,15,20H,3,8-9,11,13-14H2,1-2H3,(H,27,34)(H,28,29)(H,31,35,36). The fourth-order valence-electron chi connectivity index (χ4n) is 4.37. The summed E-state index contributed by atoms with van der Waals surface area (Å²) in [4.78, 5) is 47.9. The van der Waals surface area contributed by atoms with Gasteiger partial charge < -0.3 is 15.2 Å². The zero-order valence-electron chi connectivity index (χ0n) is 20.4. The molecule has 0 unspecified atom stereocenters. The van der Waals surface area contributed by atoms with Gasteiger partial charge in [0.2, 0.25) is 5.91 Å². The molecule has 1 aliphatic carbocycles. The number of benzene rings is 1. The number of hydrogen-bond acceptors (Lipinski definition) is 6. The molecule has 0 spiro atoms. The number of H-pyrrole nitrogens is 1. The first-order valence-electron chi connectivity index (χ1n) is 12.2. The highest BCUT2D eigenvalue weighted by atomic mass is 16.2. The van der Waals surface area contributed by atoms with Crippen molar-refractivity contribution in [1.82, 2.24) is 29.4 Å². The van der Waals surface area contributed by atoms with Crippen LogP contribution in [0.4, 0.5) is 5.82 Å². The fraction of sp³-hybridized carbons (Fsp3) is 0.346. The van der Waals surface area contributed by atoms with Crippen molar-refractivity contribution < 1.29 is 4.79 Å². The van der Waals surface area contributed by atoms with Gasteiger partial charge in [0.1, 0.15) is 11.6 Å². The second kappa shape index (κ2) is 9.80. The van der Waals surface area contributed by atoms with Gasteiger partial charge in [-0.3, -0.25) is 19.1 Å². The fourth-order valence-corrected chi connectivity index (χ4v) is 4.37. The molecule has 1 aliphatic rings. The predicted molar refractivity (Wildman–Crippen MR) is 138 cm³/mol. The van der Waals surface area contributed by atoms with Gasteiger partial charge in [0.05, 0.1) is 0 Å². The van der Waals surface area contributed by atoms with Crippen LogP contribution in [0.25, 0.3) is 22.6 Å². The van der Waals surface area contributed by atoms with Crippen molar-refractivity contribution in [2.75, 3.05) is 5.32 Å². The summed E-state index contributed by atoms with van der Waals surface area (Å²) in [5.74, 6) is 1.30. The Bertz CT molecular complexity index is 1530. The van der Waals surface area contributed by atoms with E-state index in [2.05, 4.69) is 25.6 Å². The van der Waals surface area contributed by atoms with Crippen molar-refractivity contribution in [1.29, 1.82) is 0 Å². The molecule has 3 heterocycles. The summed E-state index contributed by atoms with van der Waals surface area (Å²) in [5.41, 5.74) is 2.90. The van der Waals surface area contributed by atoms with Crippen LogP contribution in [0, 0.1) is 0 Å². The number of carbonyl (C=O) groups excluding carboxylic acids is 1. The second-order valence-electron chi connectivity index (χ2n) is 9.14. The molecule has 3 N–H and O–H groups in total. The van der Waals surface area contributed by atoms with Crippen molar-refractivity contribution in [3.63, 3.8) is 0 Å². The number of aromatic amines is 1. The minimum Gasteiger partial charge on any atom is -0.366 e. The van der Waals surface area contributed by atoms with Crippen LogP contribution in [0.2, 0.25) is 0 Å². The van der Waals surface area contributed by atoms with E-state index >= 15 is 0 Å². The number of aryl methyl sites for hydroxylation is 1. The summed E-state index contributed by atoms with van der Waals surface area (Å²) < 4.78 is 3.65. The number of fused-ring (bicyclic) bond motifs is 1. The van der Waals surface area contributed by atoms with Gasteiger partial charge in [-0.15, -0.1) is 0 Å². The highest BCUT2D eigenvalue weighted by Crippen LogP contribution is 2.40. The molecule has 0 saturated heterocycles. The maximum atomic E-state index is 12.6. The lowest BCUT2D eigenvalue weighted by atomic mass is 10.1. The molecule has 5 rings (SSSR count). The maximum Gasteiger partial charge on any atom is 0.330 e. The summed E-state index contributed by atoms with van der Waals surface area (Å²) in [6.45, 7) is 5.09. The van der Waals surface area contributed by atoms with Gasteiger partial charge in [0.15, 0.2) is 11.2 Å². The van der Waals surface area contributed by atoms with Crippen LogP contribution < -0.4 is 21.9 Å². The molecule has 1 saturated carbocycles. The van der Waals surface area contributed by atoms with Gasteiger partial charge in [-0.1, -0.05) is 31.2 Å². The van der Waals surface area contributed by atoms with E-state index in [1.807, 2.05) is 47.9 Å². The normalized spacial score (nSPS) is 13.2. The number of nitrogens with zero attached hydrogens (tertiary/aromatic N) is 4. The summed E-state index contributed by atoms with van der Waals surface area (Å²) in [7, 11) is 0. The van der Waals surface area contributed by atoms with Crippen molar-refractivity contribution in [2.45, 2.75) is 58.8 Å². The Kier molecular flexibility index (Phi) is 6.41. The van der Waals surface area contributed by atoms with E-state index in [-0.39, 0.29) is 17.5 Å². The number of carbonyl (C=O) groups is 1. The number of imidazole rings is 1. The van der Waals surface area contributed by atoms with E-state index in [0.29, 0.717) is 36.9 Å². The molecule has 3 aromatic heterocycles. The molecular weight excluding hydrogens is 458 g/mol. The first-order chi connectivity index (χ1) is 17.4. The number of amides is 1. The van der Waals surface area contributed by atoms with E-state index < -0.39 is 11.2 Å². The van der Waals surface area contributed by atoms with Gasteiger partial charge in [-0.2, -0.15) is 0 Å². The van der Waals surface area contributed by atoms with Crippen LogP contribution in [0.1, 0.15) is 50.3 Å². The highest BCUT2D eigenvalue weighted by molar-refractivity contribution is 5.77. The Hall–Kier alpha value is -4.21. The Morgan fingerprint density at radius 2 is 1.92 bits per heavy atom. The number of anilines is 1. The molecule has 4 aromatic rings. The Labute approximate surface area is 207 Å². The van der Waals surface area contributed by atoms with Crippen molar-refractivity contribution in [3.05, 3.63) is 74.6 Å². The monoisotopic (exact) mass is 487 g/mol. The molecule has 0 aliphatic heterocycles. The summed E-state index contributed by atoms with van der Waals surface area (Å²) in [6, 6.07) is 12.0. The molecule has 1 amide bonds. The lowest BCUT2D eigenvalue weighted by Gasteiger charge is -2.12. The third-order valence-electron chi connectivity index (χ3n) is 6.21. The molecule has 0 bridgehead atoms. The molecule has 10 heteroatoms. The quantitative estimate of drug-likeness (QED) is 0.333. The maximum absolute atomic E-state index is 12.6. The number of rotatable bonds is 9. The van der Waals surface area contributed by atoms with Crippen molar-refractivity contribution in [2.24, 2.45) is 0 Å². The van der Waals surface area contributed by atoms with E-state index in [0.717, 1.165) is 36.0 Å². The molecular formula is C26H29N7O3. The first kappa shape index (κ1) is 23.5. The Balaban J connectivity index is 1.40. The zero-order valence-corrected chi connectivity index (χ0v) is 20.4. The first-order valence-corrected chi connectivity index (χ1v) is 12.2. The van der Waals surface area contributed by atoms with Gasteiger partial charge in [-0.05, 0) is 42.5 Å². The summed E-state index contributed by atoms with van der Waals surface area (Å²) in [6.07, 6.45) is 4.48. The molecule has 36 heavy (non-hydrogen) atoms. The highest BCUT2D eigenvalue weighted by Gasteiger charge is 2.31. The van der Waals surface area contributed by atoms with Crippen LogP contribution in [0.3, 0.4) is 0 Å². The third kappa shape index (κ3) is 4.79. The smallest absolute Gasteiger partial charge is 0.330 e. The van der Waals surface area contributed by atoms with Gasteiger partial charge >= 0.3 is 5.69 Å². The van der Waals surface area contributed by atoms with Crippen LogP contribution in [-0.2, 0) is 24.4 Å². The minimum absolute atomic E-state index is 0.0590. The van der Waals surface area contributed by atoms with E-state index in [1.54, 1.807) is 10.8 Å². The largest absolute Gasteiger partial charge is 0.366 e. The van der Waals surface area contributed by atoms with E-state index in [9.17, 15) is 14.4 Å². The third-order valence-corrected chi connectivity index (χ3v) is 6.21. The molecule has 0 radical (unpaired) electrons. The molecule has 186 valence electrons. The van der Waals surface area contributed by atoms with Gasteiger partial charge in [0.25, 0.3) is 5.56 Å². The van der Waals surface area contributed by atoms with Gasteiger partial charge in [0, 0.05) is 44.4 Å². The van der Waals surface area contributed by atoms with Crippen LogP contribution >= 0.6 is 0 Å². The average Bonchev–Trinajstić information content (AvgIpc) is 3.63. The summed E-state index contributed by atoms with van der Waals surface area (Å²) >= 11 is 0. The van der Waals surface area contributed by atoms with E-state index in [4.69, 9.17) is 0 Å². The van der Waals surface area contributed by atoms with Crippen LogP contribution in [0.5, 0.6) is 0 Å². The number of pyridine rings is 1. The lowest BCUT2D eigenvalue weighted by Crippen LogP contribution is -2.31. The van der Waals surface area contributed by atoms with Crippen LogP contribution in [0.15, 0.2) is 52.2 Å². The summed E-state index contributed by atoms with van der Waals surface area (Å²) in [5, 5.41) is 6.13. The SMILES string of the molecule is CCCn1c(=O)[nH]c(=O)c2nc(-c3ccc(NCc4cccc(CNC(C)=O)c4)nc3)n(C3CC3)c21. The molecule has 10 nitrogen and oxygen atoms in total. The zero-order chi connectivity index (χ0) is 25.2. The van der Waals surface area contributed by atoms with Crippen LogP contribution in [-0.4, -0.2) is 30.0 Å². The second-order valence-corrected chi connectivity index (χ2v) is 9.14. The lowest BCUT2D eigenvalue weighted by molar-refractivity contribution is -0.119. The molecule has 0 atom stereocenters. The average molecular weight is 488 g/mol. The Morgan fingerprint density at radius 1 is 1.14 bits per heavy atom. The number of nitrogens with one attached hydrogen (secondary N) is 3. The molecule has 1 fully saturated rings. The van der Waals surface area contributed by atoms with Crippen molar-refractivity contribution >= 4 is 22.9 Å². The van der Waals surface area contributed by atoms with E-state index in [1.165, 1.54) is 6.92 Å². The number of hydrogen-bond donors (Lipinski definition) is 3. The topological polar surface area (TPSA) is 127 Å². The molecule has 1 aromatic carbocycles. The minimum atomic E-state index is -0.463. The van der Waals surface area contributed by atoms with Gasteiger partial charge in [-0.25, -0.2) is 14.8 Å². The number of aromatic nitrogens is 5.